The molecule has 0 unspecified atom stereocenters. The van der Waals surface area contributed by atoms with Crippen molar-refractivity contribution in [3.05, 3.63) is 47.5 Å². The van der Waals surface area contributed by atoms with E-state index in [4.69, 9.17) is 33.2 Å². The van der Waals surface area contributed by atoms with E-state index in [1.54, 1.807) is 28.4 Å². The van der Waals surface area contributed by atoms with Gasteiger partial charge in [0.2, 0.25) is 18.3 Å². The Kier molecular flexibility index (Phi) is 5.54. The Bertz CT molecular complexity index is 1000. The number of hydrogen-bond donors (Lipinski definition) is 0. The van der Waals surface area contributed by atoms with E-state index in [0.29, 0.717) is 40.1 Å². The van der Waals surface area contributed by atoms with Crippen LogP contribution in [0.15, 0.2) is 36.4 Å². The molecule has 0 radical (unpaired) electrons. The Balaban J connectivity index is 1.92. The third kappa shape index (κ3) is 3.48. The lowest BCUT2D eigenvalue weighted by Crippen LogP contribution is -2.17. The summed E-state index contributed by atoms with van der Waals surface area (Å²) in [7, 11) is 6.23. The lowest BCUT2D eigenvalue weighted by Gasteiger charge is -2.26. The third-order valence-electron chi connectivity index (χ3n) is 5.59. The summed E-state index contributed by atoms with van der Waals surface area (Å²) in [5.74, 6) is 2.11. The zero-order chi connectivity index (χ0) is 22.1. The molecule has 164 valence electrons. The summed E-state index contributed by atoms with van der Waals surface area (Å²) in [5.41, 5.74) is 2.08. The second-order valence-corrected chi connectivity index (χ2v) is 7.12. The number of benzene rings is 2. The first-order valence-corrected chi connectivity index (χ1v) is 9.65. The average Bonchev–Trinajstić information content (AvgIpc) is 3.40. The molecule has 4 rings (SSSR count). The normalized spacial score (nSPS) is 17.9. The fourth-order valence-corrected chi connectivity index (χ4v) is 4.07. The van der Waals surface area contributed by atoms with Crippen molar-refractivity contribution in [2.45, 2.75) is 5.92 Å². The van der Waals surface area contributed by atoms with Gasteiger partial charge in [-0.15, -0.1) is 0 Å². The van der Waals surface area contributed by atoms with Crippen molar-refractivity contribution in [1.29, 1.82) is 0 Å². The Hall–Kier alpha value is -3.55. The Morgan fingerprint density at radius 2 is 1.48 bits per heavy atom. The number of cyclic esters (lactones) is 1. The van der Waals surface area contributed by atoms with Crippen molar-refractivity contribution >= 4 is 5.97 Å². The van der Waals surface area contributed by atoms with E-state index in [1.165, 1.54) is 0 Å². The zero-order valence-electron chi connectivity index (χ0n) is 17.9. The molecular weight excluding hydrogens is 404 g/mol. The summed E-state index contributed by atoms with van der Waals surface area (Å²) in [6, 6.07) is 7.48. The predicted molar refractivity (Wildman–Crippen MR) is 111 cm³/mol. The predicted octanol–water partition coefficient (Wildman–Crippen LogP) is 3.31. The van der Waals surface area contributed by atoms with Gasteiger partial charge < -0.3 is 33.2 Å². The number of methoxy groups -OCH3 is 4. The molecule has 0 aromatic heterocycles. The standard InChI is InChI=1S/C23H24O8/c1-12-15(10-29-23(12)24)20(13-6-16(25-2)21(28-5)17(7-13)26-3)14-8-18(27-4)22-19(9-14)30-11-31-22/h6-9,15,20H,1,10-11H2,2-5H3/t15-,20+/m1/s1. The molecule has 0 saturated carbocycles. The first-order chi connectivity index (χ1) is 15.0. The fourth-order valence-electron chi connectivity index (χ4n) is 4.07. The summed E-state index contributed by atoms with van der Waals surface area (Å²) in [6.45, 7) is 4.29. The number of rotatable bonds is 7. The van der Waals surface area contributed by atoms with E-state index in [0.717, 1.165) is 11.1 Å². The van der Waals surface area contributed by atoms with Crippen molar-refractivity contribution in [2.75, 3.05) is 41.8 Å². The van der Waals surface area contributed by atoms with E-state index in [-0.39, 0.29) is 25.2 Å². The van der Waals surface area contributed by atoms with E-state index in [1.807, 2.05) is 24.3 Å². The second kappa shape index (κ2) is 8.29. The van der Waals surface area contributed by atoms with E-state index in [9.17, 15) is 4.79 Å². The summed E-state index contributed by atoms with van der Waals surface area (Å²) in [6.07, 6.45) is 0. The van der Waals surface area contributed by atoms with Crippen LogP contribution in [0.4, 0.5) is 0 Å². The molecular formula is C23H24O8. The van der Waals surface area contributed by atoms with Crippen molar-refractivity contribution < 1.29 is 38.0 Å². The fraction of sp³-hybridized carbons (Fsp3) is 0.348. The van der Waals surface area contributed by atoms with Gasteiger partial charge >= 0.3 is 5.97 Å². The van der Waals surface area contributed by atoms with Crippen LogP contribution in [0.1, 0.15) is 17.0 Å². The molecule has 2 aromatic carbocycles. The number of fused-ring (bicyclic) bond motifs is 1. The van der Waals surface area contributed by atoms with E-state index >= 15 is 0 Å². The molecule has 2 aliphatic heterocycles. The van der Waals surface area contributed by atoms with Crippen molar-refractivity contribution in [3.8, 4) is 34.5 Å². The smallest absolute Gasteiger partial charge is 0.333 e. The van der Waals surface area contributed by atoms with Gasteiger partial charge in [-0.2, -0.15) is 0 Å². The molecule has 0 aliphatic carbocycles. The van der Waals surface area contributed by atoms with Crippen LogP contribution in [-0.4, -0.2) is 47.8 Å². The average molecular weight is 428 g/mol. The van der Waals surface area contributed by atoms with Gasteiger partial charge in [0, 0.05) is 17.4 Å². The Labute approximate surface area is 180 Å². The maximum Gasteiger partial charge on any atom is 0.333 e. The van der Waals surface area contributed by atoms with Gasteiger partial charge in [-0.3, -0.25) is 0 Å². The minimum atomic E-state index is -0.407. The maximum absolute atomic E-state index is 12.1. The summed E-state index contributed by atoms with van der Waals surface area (Å²) in [4.78, 5) is 12.1. The van der Waals surface area contributed by atoms with Crippen LogP contribution in [0.3, 0.4) is 0 Å². The highest BCUT2D eigenvalue weighted by molar-refractivity contribution is 5.90. The van der Waals surface area contributed by atoms with Crippen LogP contribution in [0.25, 0.3) is 0 Å². The lowest BCUT2D eigenvalue weighted by molar-refractivity contribution is -0.135. The number of carbonyl (C=O) groups is 1. The largest absolute Gasteiger partial charge is 0.493 e. The Morgan fingerprint density at radius 3 is 2.03 bits per heavy atom. The molecule has 31 heavy (non-hydrogen) atoms. The third-order valence-corrected chi connectivity index (χ3v) is 5.59. The van der Waals surface area contributed by atoms with Gasteiger partial charge in [-0.05, 0) is 35.4 Å². The van der Waals surface area contributed by atoms with Crippen LogP contribution in [0.5, 0.6) is 34.5 Å². The number of hydrogen-bond acceptors (Lipinski definition) is 8. The van der Waals surface area contributed by atoms with Gasteiger partial charge in [0.1, 0.15) is 0 Å². The highest BCUT2D eigenvalue weighted by Crippen LogP contribution is 2.49. The molecule has 2 heterocycles. The Morgan fingerprint density at radius 1 is 0.871 bits per heavy atom. The molecule has 8 heteroatoms. The van der Waals surface area contributed by atoms with Gasteiger partial charge in [0.25, 0.3) is 0 Å². The molecule has 2 atom stereocenters. The van der Waals surface area contributed by atoms with E-state index < -0.39 is 5.97 Å². The molecule has 1 fully saturated rings. The topological polar surface area (TPSA) is 81.7 Å². The highest BCUT2D eigenvalue weighted by atomic mass is 16.7. The molecule has 0 bridgehead atoms. The van der Waals surface area contributed by atoms with Gasteiger partial charge in [0.05, 0.1) is 35.0 Å². The van der Waals surface area contributed by atoms with Gasteiger partial charge in [-0.25, -0.2) is 4.79 Å². The van der Waals surface area contributed by atoms with E-state index in [2.05, 4.69) is 6.58 Å². The molecule has 2 aliphatic rings. The summed E-state index contributed by atoms with van der Waals surface area (Å²) < 4.78 is 38.5. The van der Waals surface area contributed by atoms with Gasteiger partial charge in [0.15, 0.2) is 23.0 Å². The van der Waals surface area contributed by atoms with Crippen LogP contribution >= 0.6 is 0 Å². The van der Waals surface area contributed by atoms with Crippen LogP contribution < -0.4 is 28.4 Å². The van der Waals surface area contributed by atoms with Crippen LogP contribution in [0.2, 0.25) is 0 Å². The van der Waals surface area contributed by atoms with Crippen molar-refractivity contribution in [3.63, 3.8) is 0 Å². The molecule has 1 saturated heterocycles. The molecule has 0 N–H and O–H groups in total. The summed E-state index contributed by atoms with van der Waals surface area (Å²) >= 11 is 0. The minimum absolute atomic E-state index is 0.113. The van der Waals surface area contributed by atoms with Crippen molar-refractivity contribution in [1.82, 2.24) is 0 Å². The second-order valence-electron chi connectivity index (χ2n) is 7.12. The quantitative estimate of drug-likeness (QED) is 0.491. The lowest BCUT2D eigenvalue weighted by atomic mass is 9.78. The van der Waals surface area contributed by atoms with Crippen LogP contribution in [0, 0.1) is 5.92 Å². The first-order valence-electron chi connectivity index (χ1n) is 9.65. The molecule has 8 nitrogen and oxygen atoms in total. The first kappa shape index (κ1) is 20.7. The number of esters is 1. The number of carbonyl (C=O) groups excluding carboxylic acids is 1. The van der Waals surface area contributed by atoms with Gasteiger partial charge in [-0.1, -0.05) is 6.58 Å². The SMILES string of the molecule is C=C1C(=O)OC[C@H]1[C@@H](c1cc(OC)c(OC)c(OC)c1)c1cc(OC)c2c(c1)OCO2. The maximum atomic E-state index is 12.1. The summed E-state index contributed by atoms with van der Waals surface area (Å²) in [5, 5.41) is 0. The molecule has 2 aromatic rings. The van der Waals surface area contributed by atoms with Crippen molar-refractivity contribution in [2.24, 2.45) is 5.92 Å². The zero-order valence-corrected chi connectivity index (χ0v) is 17.9. The van der Waals surface area contributed by atoms with Crippen LogP contribution in [-0.2, 0) is 9.53 Å². The molecule has 0 spiro atoms. The monoisotopic (exact) mass is 428 g/mol. The molecule has 0 amide bonds. The minimum Gasteiger partial charge on any atom is -0.493 e. The number of ether oxygens (including phenoxy) is 7. The highest BCUT2D eigenvalue weighted by Gasteiger charge is 2.39.